The Bertz CT molecular complexity index is 989. The van der Waals surface area contributed by atoms with Crippen LogP contribution in [0.1, 0.15) is 16.7 Å². The molecule has 1 N–H and O–H groups in total. The zero-order chi connectivity index (χ0) is 17.8. The lowest BCUT2D eigenvalue weighted by Crippen LogP contribution is -2.36. The normalized spacial score (nSPS) is 19.2. The maximum Gasteiger partial charge on any atom is 0.265 e. The van der Waals surface area contributed by atoms with Crippen molar-refractivity contribution in [2.75, 3.05) is 11.9 Å². The molecule has 8 heteroatoms. The van der Waals surface area contributed by atoms with Crippen molar-refractivity contribution in [1.82, 2.24) is 4.31 Å². The van der Waals surface area contributed by atoms with Crippen molar-refractivity contribution in [2.24, 2.45) is 0 Å². The second-order valence-electron chi connectivity index (χ2n) is 6.09. The van der Waals surface area contributed by atoms with Crippen molar-refractivity contribution in [1.29, 1.82) is 0 Å². The Hall–Kier alpha value is -1.60. The molecule has 0 aromatic heterocycles. The first-order chi connectivity index (χ1) is 11.8. The minimum absolute atomic E-state index is 0.0767. The number of nitrogens with one attached hydrogen (secondary N) is 1. The van der Waals surface area contributed by atoms with Crippen LogP contribution in [0.15, 0.2) is 47.4 Å². The van der Waals surface area contributed by atoms with Gasteiger partial charge in [0.05, 0.1) is 4.90 Å². The Balaban J connectivity index is 1.71. The Morgan fingerprint density at radius 2 is 1.80 bits per heavy atom. The minimum Gasteiger partial charge on any atom is -0.323 e. The van der Waals surface area contributed by atoms with Gasteiger partial charge in [-0.05, 0) is 35.7 Å². The number of halogens is 2. The molecule has 0 fully saturated rings. The molecule has 2 heterocycles. The third-order valence-corrected chi connectivity index (χ3v) is 7.19. The molecule has 4 rings (SSSR count). The summed E-state index contributed by atoms with van der Waals surface area (Å²) in [6.45, 7) is 0.722. The first-order valence-electron chi connectivity index (χ1n) is 7.71. The van der Waals surface area contributed by atoms with Gasteiger partial charge in [-0.1, -0.05) is 47.5 Å². The van der Waals surface area contributed by atoms with E-state index < -0.39 is 20.3 Å². The van der Waals surface area contributed by atoms with Crippen LogP contribution < -0.4 is 5.32 Å². The summed E-state index contributed by atoms with van der Waals surface area (Å²) in [6, 6.07) is 12.2. The van der Waals surface area contributed by atoms with Crippen molar-refractivity contribution < 1.29 is 13.2 Å². The number of hydrogen-bond acceptors (Lipinski definition) is 3. The largest absolute Gasteiger partial charge is 0.323 e. The van der Waals surface area contributed by atoms with E-state index in [4.69, 9.17) is 23.2 Å². The molecular formula is C17H14Cl2N2O3S. The van der Waals surface area contributed by atoms with Gasteiger partial charge in [0.25, 0.3) is 5.91 Å². The van der Waals surface area contributed by atoms with Crippen LogP contribution in [0.4, 0.5) is 5.69 Å². The molecule has 130 valence electrons. The Labute approximate surface area is 155 Å². The molecule has 0 unspecified atom stereocenters. The minimum atomic E-state index is -3.72. The van der Waals surface area contributed by atoms with Gasteiger partial charge in [0, 0.05) is 24.3 Å². The topological polar surface area (TPSA) is 66.5 Å². The van der Waals surface area contributed by atoms with Gasteiger partial charge in [-0.3, -0.25) is 4.79 Å². The van der Waals surface area contributed by atoms with Gasteiger partial charge in [-0.2, -0.15) is 4.31 Å². The molecular weight excluding hydrogens is 383 g/mol. The fourth-order valence-corrected chi connectivity index (χ4v) is 5.05. The lowest BCUT2D eigenvalue weighted by atomic mass is 10.0. The quantitative estimate of drug-likeness (QED) is 0.793. The smallest absolute Gasteiger partial charge is 0.265 e. The number of benzene rings is 2. The molecule has 25 heavy (non-hydrogen) atoms. The number of carbonyl (C=O) groups is 1. The number of alkyl halides is 2. The fraction of sp³-hybridized carbons (Fsp3) is 0.235. The maximum atomic E-state index is 13.0. The summed E-state index contributed by atoms with van der Waals surface area (Å²) >= 11 is 12.1. The van der Waals surface area contributed by atoms with Gasteiger partial charge in [-0.15, -0.1) is 0 Å². The van der Waals surface area contributed by atoms with Crippen molar-refractivity contribution in [3.05, 3.63) is 59.2 Å². The second kappa shape index (κ2) is 5.71. The monoisotopic (exact) mass is 396 g/mol. The summed E-state index contributed by atoms with van der Waals surface area (Å²) in [5, 5.41) is 2.55. The Morgan fingerprint density at radius 3 is 2.56 bits per heavy atom. The average Bonchev–Trinajstić information content (AvgIpc) is 2.83. The standard InChI is InChI=1S/C17H14Cl2N2O3S/c18-17(19)14-9-13(5-6-15(14)20-16(17)22)25(23,24)21-8-7-11-3-1-2-4-12(11)10-21/h1-6,9H,7-8,10H2,(H,20,22). The average molecular weight is 397 g/mol. The first-order valence-corrected chi connectivity index (χ1v) is 9.90. The van der Waals surface area contributed by atoms with Crippen LogP contribution in [0.5, 0.6) is 0 Å². The summed E-state index contributed by atoms with van der Waals surface area (Å²) in [4.78, 5) is 11.9. The summed E-state index contributed by atoms with van der Waals surface area (Å²) in [5.41, 5.74) is 2.86. The zero-order valence-corrected chi connectivity index (χ0v) is 15.3. The summed E-state index contributed by atoms with van der Waals surface area (Å²) < 4.78 is 25.7. The molecule has 2 aromatic rings. The van der Waals surface area contributed by atoms with E-state index in [9.17, 15) is 13.2 Å². The van der Waals surface area contributed by atoms with Crippen molar-refractivity contribution in [2.45, 2.75) is 22.2 Å². The molecule has 2 aliphatic rings. The highest BCUT2D eigenvalue weighted by Gasteiger charge is 2.44. The van der Waals surface area contributed by atoms with Crippen LogP contribution in [0.2, 0.25) is 0 Å². The van der Waals surface area contributed by atoms with Gasteiger partial charge < -0.3 is 5.32 Å². The van der Waals surface area contributed by atoms with Crippen LogP contribution in [-0.2, 0) is 32.1 Å². The van der Waals surface area contributed by atoms with E-state index in [2.05, 4.69) is 5.32 Å². The van der Waals surface area contributed by atoms with Crippen LogP contribution in [0, 0.1) is 0 Å². The highest BCUT2D eigenvalue weighted by molar-refractivity contribution is 7.89. The molecule has 0 radical (unpaired) electrons. The molecule has 0 bridgehead atoms. The summed E-state index contributed by atoms with van der Waals surface area (Å²) in [6.07, 6.45) is 0.662. The SMILES string of the molecule is O=C1Nc2ccc(S(=O)(=O)N3CCc4ccccc4C3)cc2C1(Cl)Cl. The Morgan fingerprint density at radius 1 is 1.08 bits per heavy atom. The summed E-state index contributed by atoms with van der Waals surface area (Å²) in [7, 11) is -3.72. The number of rotatable bonds is 2. The number of amides is 1. The van der Waals surface area contributed by atoms with Crippen molar-refractivity contribution in [3.63, 3.8) is 0 Å². The maximum absolute atomic E-state index is 13.0. The summed E-state index contributed by atoms with van der Waals surface area (Å²) in [5.74, 6) is -0.577. The molecule has 1 amide bonds. The van der Waals surface area contributed by atoms with Gasteiger partial charge in [0.1, 0.15) is 0 Å². The molecule has 5 nitrogen and oxygen atoms in total. The van der Waals surface area contributed by atoms with Crippen LogP contribution in [0.25, 0.3) is 0 Å². The van der Waals surface area contributed by atoms with Crippen LogP contribution >= 0.6 is 23.2 Å². The molecule has 0 atom stereocenters. The molecule has 0 aliphatic carbocycles. The van der Waals surface area contributed by atoms with E-state index in [0.717, 1.165) is 5.56 Å². The van der Waals surface area contributed by atoms with Crippen LogP contribution in [0.3, 0.4) is 0 Å². The molecule has 0 spiro atoms. The number of sulfonamides is 1. The molecule has 0 saturated heterocycles. The van der Waals surface area contributed by atoms with Crippen molar-refractivity contribution >= 4 is 44.8 Å². The van der Waals surface area contributed by atoms with Crippen LogP contribution in [-0.4, -0.2) is 25.2 Å². The van der Waals surface area contributed by atoms with Gasteiger partial charge >= 0.3 is 0 Å². The third kappa shape index (κ3) is 2.64. The number of nitrogens with zero attached hydrogens (tertiary/aromatic N) is 1. The lowest BCUT2D eigenvalue weighted by Gasteiger charge is -2.28. The number of fused-ring (bicyclic) bond motifs is 2. The third-order valence-electron chi connectivity index (χ3n) is 4.60. The van der Waals surface area contributed by atoms with E-state index in [1.165, 1.54) is 28.1 Å². The van der Waals surface area contributed by atoms with Crippen molar-refractivity contribution in [3.8, 4) is 0 Å². The van der Waals surface area contributed by atoms with E-state index >= 15 is 0 Å². The molecule has 2 aromatic carbocycles. The van der Waals surface area contributed by atoms with Gasteiger partial charge in [-0.25, -0.2) is 8.42 Å². The van der Waals surface area contributed by atoms with Gasteiger partial charge in [0.2, 0.25) is 14.4 Å². The Kier molecular flexibility index (Phi) is 3.85. The lowest BCUT2D eigenvalue weighted by molar-refractivity contribution is -0.116. The zero-order valence-electron chi connectivity index (χ0n) is 13.0. The number of hydrogen-bond donors (Lipinski definition) is 1. The van der Waals surface area contributed by atoms with E-state index in [-0.39, 0.29) is 10.5 Å². The fourth-order valence-electron chi connectivity index (χ4n) is 3.20. The first kappa shape index (κ1) is 16.8. The van der Waals surface area contributed by atoms with E-state index in [1.807, 2.05) is 24.3 Å². The predicted molar refractivity (Wildman–Crippen MR) is 96.2 cm³/mol. The molecule has 0 saturated carbocycles. The predicted octanol–water partition coefficient (Wildman–Crippen LogP) is 3.02. The van der Waals surface area contributed by atoms with E-state index in [0.29, 0.717) is 25.2 Å². The highest BCUT2D eigenvalue weighted by Crippen LogP contribution is 2.45. The second-order valence-corrected chi connectivity index (χ2v) is 9.36. The molecule has 2 aliphatic heterocycles. The van der Waals surface area contributed by atoms with E-state index in [1.54, 1.807) is 0 Å². The van der Waals surface area contributed by atoms with Gasteiger partial charge in [0.15, 0.2) is 0 Å². The highest BCUT2D eigenvalue weighted by atomic mass is 35.5. The number of carbonyl (C=O) groups excluding carboxylic acids is 1. The number of anilines is 1.